The Morgan fingerprint density at radius 3 is 2.88 bits per heavy atom. The number of hydrogen-bond acceptors (Lipinski definition) is 6. The van der Waals surface area contributed by atoms with E-state index < -0.39 is 15.9 Å². The van der Waals surface area contributed by atoms with Gasteiger partial charge in [-0.15, -0.1) is 5.10 Å². The lowest BCUT2D eigenvalue weighted by molar-refractivity contribution is 0.0976. The van der Waals surface area contributed by atoms with Crippen LogP contribution in [0.2, 0.25) is 0 Å². The van der Waals surface area contributed by atoms with E-state index in [0.29, 0.717) is 0 Å². The van der Waals surface area contributed by atoms with Gasteiger partial charge in [-0.3, -0.25) is 4.79 Å². The second-order valence-electron chi connectivity index (χ2n) is 3.73. The van der Waals surface area contributed by atoms with E-state index in [9.17, 15) is 13.2 Å². The number of hydrogen-bond donors (Lipinski definition) is 2. The van der Waals surface area contributed by atoms with Gasteiger partial charge in [0.2, 0.25) is 10.0 Å². The first-order valence-electron chi connectivity index (χ1n) is 5.19. The molecule has 2 N–H and O–H groups in total. The van der Waals surface area contributed by atoms with Crippen LogP contribution in [-0.2, 0) is 10.0 Å². The maximum Gasteiger partial charge on any atom is 0.286 e. The molecule has 1 aliphatic heterocycles. The Hall–Kier alpha value is -1.48. The first-order chi connectivity index (χ1) is 8.02. The fourth-order valence-electron chi connectivity index (χ4n) is 1.29. The van der Waals surface area contributed by atoms with Crippen LogP contribution in [0.1, 0.15) is 23.5 Å². The zero-order valence-electron chi connectivity index (χ0n) is 9.25. The van der Waals surface area contributed by atoms with Crippen molar-refractivity contribution in [2.24, 2.45) is 0 Å². The summed E-state index contributed by atoms with van der Waals surface area (Å²) in [4.78, 5) is 11.5. The third-order valence-electron chi connectivity index (χ3n) is 2.51. The summed E-state index contributed by atoms with van der Waals surface area (Å²) < 4.78 is 25.9. The Morgan fingerprint density at radius 1 is 1.65 bits per heavy atom. The number of rotatable bonds is 4. The Bertz CT molecular complexity index is 519. The number of sulfonamides is 1. The molecule has 0 spiro atoms. The average molecular weight is 259 g/mol. The van der Waals surface area contributed by atoms with E-state index in [-0.39, 0.29) is 17.5 Å². The van der Waals surface area contributed by atoms with Crippen LogP contribution in [0.4, 0.5) is 0 Å². The number of nitrogens with one attached hydrogen (secondary N) is 2. The van der Waals surface area contributed by atoms with Gasteiger partial charge in [0.05, 0.1) is 18.0 Å². The molecule has 0 bridgehead atoms. The van der Waals surface area contributed by atoms with Gasteiger partial charge in [0.25, 0.3) is 5.91 Å². The molecule has 17 heavy (non-hydrogen) atoms. The highest BCUT2D eigenvalue weighted by atomic mass is 32.2. The fourth-order valence-corrected chi connectivity index (χ4v) is 1.82. The molecule has 0 saturated carbocycles. The van der Waals surface area contributed by atoms with Gasteiger partial charge in [-0.05, 0) is 6.92 Å². The van der Waals surface area contributed by atoms with Gasteiger partial charge in [0.1, 0.15) is 0 Å². The van der Waals surface area contributed by atoms with E-state index >= 15 is 0 Å². The molecule has 1 aromatic heterocycles. The number of carbonyl (C=O) groups excluding carboxylic acids is 1. The van der Waals surface area contributed by atoms with Gasteiger partial charge in [-0.25, -0.2) is 17.8 Å². The van der Waals surface area contributed by atoms with Gasteiger partial charge in [-0.1, -0.05) is 5.21 Å². The van der Waals surface area contributed by atoms with Crippen molar-refractivity contribution < 1.29 is 13.2 Å². The molecule has 1 aliphatic rings. The van der Waals surface area contributed by atoms with Gasteiger partial charge in [-0.2, -0.15) is 0 Å². The van der Waals surface area contributed by atoms with E-state index in [4.69, 9.17) is 0 Å². The molecule has 1 aromatic rings. The van der Waals surface area contributed by atoms with Crippen molar-refractivity contribution in [3.8, 4) is 0 Å². The second-order valence-corrected chi connectivity index (χ2v) is 5.74. The summed E-state index contributed by atoms with van der Waals surface area (Å²) in [5.74, 6) is -0.898. The molecule has 8 nitrogen and oxygen atoms in total. The van der Waals surface area contributed by atoms with Gasteiger partial charge in [0, 0.05) is 13.1 Å². The second kappa shape index (κ2) is 4.41. The average Bonchev–Trinajstić information content (AvgIpc) is 2.64. The van der Waals surface area contributed by atoms with Gasteiger partial charge < -0.3 is 5.32 Å². The standard InChI is InChI=1S/C8H13N5O3S/c1-2-17(15,16)11-8(14)7-5-13(12-10-7)6-3-9-4-6/h5-6,9H,2-4H2,1H3,(H,11,14). The molecule has 2 heterocycles. The number of carbonyl (C=O) groups is 1. The maximum absolute atomic E-state index is 11.5. The summed E-state index contributed by atoms with van der Waals surface area (Å²) in [6, 6.07) is 0.187. The van der Waals surface area contributed by atoms with Gasteiger partial charge >= 0.3 is 0 Å². The molecular formula is C8H13N5O3S. The zero-order valence-corrected chi connectivity index (χ0v) is 10.1. The Labute approximate surface area is 98.4 Å². The number of amides is 1. The van der Waals surface area contributed by atoms with Crippen molar-refractivity contribution in [1.29, 1.82) is 0 Å². The number of nitrogens with zero attached hydrogens (tertiary/aromatic N) is 3. The third-order valence-corrected chi connectivity index (χ3v) is 3.76. The van der Waals surface area contributed by atoms with Crippen LogP contribution in [0.25, 0.3) is 0 Å². The highest BCUT2D eigenvalue weighted by Crippen LogP contribution is 2.09. The summed E-state index contributed by atoms with van der Waals surface area (Å²) in [5, 5.41) is 10.5. The predicted octanol–water partition coefficient (Wildman–Crippen LogP) is -1.50. The van der Waals surface area contributed by atoms with E-state index in [1.165, 1.54) is 13.1 Å². The van der Waals surface area contributed by atoms with Crippen molar-refractivity contribution in [1.82, 2.24) is 25.0 Å². The first kappa shape index (κ1) is 12.0. The van der Waals surface area contributed by atoms with E-state index in [1.807, 2.05) is 4.72 Å². The van der Waals surface area contributed by atoms with Crippen LogP contribution in [0.15, 0.2) is 6.20 Å². The van der Waals surface area contributed by atoms with Gasteiger partial charge in [0.15, 0.2) is 5.69 Å². The SMILES string of the molecule is CCS(=O)(=O)NC(=O)c1cn(C2CNC2)nn1. The molecule has 2 rings (SSSR count). The molecule has 94 valence electrons. The lowest BCUT2D eigenvalue weighted by atomic mass is 10.2. The van der Waals surface area contributed by atoms with Crippen LogP contribution in [-0.4, -0.2) is 48.2 Å². The summed E-state index contributed by atoms with van der Waals surface area (Å²) >= 11 is 0. The number of aromatic nitrogens is 3. The minimum atomic E-state index is -3.56. The summed E-state index contributed by atoms with van der Waals surface area (Å²) in [6.45, 7) is 3.00. The van der Waals surface area contributed by atoms with Crippen molar-refractivity contribution >= 4 is 15.9 Å². The summed E-state index contributed by atoms with van der Waals surface area (Å²) in [5.41, 5.74) is 0.00826. The van der Waals surface area contributed by atoms with Crippen molar-refractivity contribution in [2.75, 3.05) is 18.8 Å². The minimum Gasteiger partial charge on any atom is -0.312 e. The van der Waals surface area contributed by atoms with Crippen LogP contribution < -0.4 is 10.0 Å². The monoisotopic (exact) mass is 259 g/mol. The maximum atomic E-state index is 11.5. The minimum absolute atomic E-state index is 0.00826. The highest BCUT2D eigenvalue weighted by molar-refractivity contribution is 7.90. The molecule has 0 unspecified atom stereocenters. The first-order valence-corrected chi connectivity index (χ1v) is 6.84. The summed E-state index contributed by atoms with van der Waals surface area (Å²) in [7, 11) is -3.56. The molecule has 1 fully saturated rings. The molecule has 1 amide bonds. The molecule has 0 radical (unpaired) electrons. The molecule has 9 heteroatoms. The largest absolute Gasteiger partial charge is 0.312 e. The molecule has 0 aliphatic carbocycles. The molecule has 0 atom stereocenters. The quantitative estimate of drug-likeness (QED) is 0.682. The van der Waals surface area contributed by atoms with E-state index in [2.05, 4.69) is 15.6 Å². The molecule has 0 aromatic carbocycles. The molecule has 1 saturated heterocycles. The Morgan fingerprint density at radius 2 is 2.35 bits per heavy atom. The van der Waals surface area contributed by atoms with E-state index in [0.717, 1.165) is 13.1 Å². The third kappa shape index (κ3) is 2.61. The lowest BCUT2D eigenvalue weighted by Gasteiger charge is -2.26. The van der Waals surface area contributed by atoms with E-state index in [1.54, 1.807) is 4.68 Å². The lowest BCUT2D eigenvalue weighted by Crippen LogP contribution is -2.43. The smallest absolute Gasteiger partial charge is 0.286 e. The highest BCUT2D eigenvalue weighted by Gasteiger charge is 2.22. The predicted molar refractivity (Wildman–Crippen MR) is 58.9 cm³/mol. The van der Waals surface area contributed by atoms with Crippen LogP contribution in [0, 0.1) is 0 Å². The van der Waals surface area contributed by atoms with Crippen molar-refractivity contribution in [2.45, 2.75) is 13.0 Å². The van der Waals surface area contributed by atoms with Crippen molar-refractivity contribution in [3.05, 3.63) is 11.9 Å². The summed E-state index contributed by atoms with van der Waals surface area (Å²) in [6.07, 6.45) is 1.45. The normalized spacial score (nSPS) is 16.5. The van der Waals surface area contributed by atoms with Crippen LogP contribution in [0.3, 0.4) is 0 Å². The zero-order chi connectivity index (χ0) is 12.5. The van der Waals surface area contributed by atoms with Crippen LogP contribution >= 0.6 is 0 Å². The molecular weight excluding hydrogens is 246 g/mol. The van der Waals surface area contributed by atoms with Crippen LogP contribution in [0.5, 0.6) is 0 Å². The Kier molecular flexibility index (Phi) is 3.11. The Balaban J connectivity index is 2.07. The van der Waals surface area contributed by atoms with Crippen molar-refractivity contribution in [3.63, 3.8) is 0 Å². The fraction of sp³-hybridized carbons (Fsp3) is 0.625. The topological polar surface area (TPSA) is 106 Å².